The van der Waals surface area contributed by atoms with Gasteiger partial charge in [0.2, 0.25) is 0 Å². The Morgan fingerprint density at radius 3 is 2.85 bits per heavy atom. The zero-order valence-corrected chi connectivity index (χ0v) is 14.1. The van der Waals surface area contributed by atoms with Crippen molar-refractivity contribution < 1.29 is 33.6 Å². The molecule has 1 heterocycles. The molecule has 0 saturated carbocycles. The van der Waals surface area contributed by atoms with E-state index in [9.17, 15) is 18.7 Å². The van der Waals surface area contributed by atoms with Crippen LogP contribution in [0.25, 0.3) is 6.08 Å². The Labute approximate surface area is 150 Å². The molecule has 4 N–H and O–H groups in total. The number of rotatable bonds is 8. The zero-order valence-electron chi connectivity index (χ0n) is 14.1. The number of hydrogen-bond donors (Lipinski definition) is 4. The summed E-state index contributed by atoms with van der Waals surface area (Å²) in [5.74, 6) is -2.16. The van der Waals surface area contributed by atoms with E-state index in [1.54, 1.807) is 6.08 Å². The van der Waals surface area contributed by atoms with Crippen molar-refractivity contribution in [2.75, 3.05) is 13.2 Å². The molecule has 2 rings (SSSR count). The standard InChI is InChI=1S/C18H23F2NO5/c19-12-3-4-13(20)11(10-12)2-1-8-21-14-5-6-16(18(24)25)26-17(14)15(23)7-9-22/h1-4,10,14-17,21-23H,5-9H2,(H,24,25)/b2-1+/t14-,15+,16+,17-/m1/s1. The second-order valence-corrected chi connectivity index (χ2v) is 6.17. The van der Waals surface area contributed by atoms with Crippen LogP contribution in [0.5, 0.6) is 0 Å². The van der Waals surface area contributed by atoms with Crippen molar-refractivity contribution in [1.82, 2.24) is 5.32 Å². The van der Waals surface area contributed by atoms with Crippen LogP contribution in [-0.2, 0) is 9.53 Å². The number of aliphatic carboxylic acids is 1. The molecule has 6 nitrogen and oxygen atoms in total. The summed E-state index contributed by atoms with van der Waals surface area (Å²) in [6, 6.07) is 2.84. The molecule has 0 aliphatic carbocycles. The van der Waals surface area contributed by atoms with E-state index in [2.05, 4.69) is 5.32 Å². The molecule has 1 aromatic rings. The van der Waals surface area contributed by atoms with Gasteiger partial charge in [-0.1, -0.05) is 12.2 Å². The average molecular weight is 371 g/mol. The Balaban J connectivity index is 1.96. The molecule has 1 aliphatic rings. The molecule has 26 heavy (non-hydrogen) atoms. The van der Waals surface area contributed by atoms with Crippen molar-refractivity contribution in [3.8, 4) is 0 Å². The monoisotopic (exact) mass is 371 g/mol. The van der Waals surface area contributed by atoms with Gasteiger partial charge in [-0.05, 0) is 37.5 Å². The summed E-state index contributed by atoms with van der Waals surface area (Å²) in [5, 5.41) is 31.3. The lowest BCUT2D eigenvalue weighted by atomic mass is 9.93. The average Bonchev–Trinajstić information content (AvgIpc) is 2.61. The maximum absolute atomic E-state index is 13.6. The molecule has 1 saturated heterocycles. The first-order valence-corrected chi connectivity index (χ1v) is 8.44. The molecule has 0 amide bonds. The predicted octanol–water partition coefficient (Wildman–Crippen LogP) is 1.31. The number of ether oxygens (including phenoxy) is 1. The summed E-state index contributed by atoms with van der Waals surface area (Å²) in [4.78, 5) is 11.1. The van der Waals surface area contributed by atoms with Gasteiger partial charge in [0.1, 0.15) is 11.6 Å². The largest absolute Gasteiger partial charge is 0.479 e. The van der Waals surface area contributed by atoms with Gasteiger partial charge in [-0.15, -0.1) is 0 Å². The van der Waals surface area contributed by atoms with Gasteiger partial charge in [0.05, 0.1) is 12.2 Å². The quantitative estimate of drug-likeness (QED) is 0.550. The van der Waals surface area contributed by atoms with E-state index in [4.69, 9.17) is 14.9 Å². The number of carboxylic acids is 1. The zero-order chi connectivity index (χ0) is 19.1. The molecule has 8 heteroatoms. The van der Waals surface area contributed by atoms with Crippen LogP contribution >= 0.6 is 0 Å². The first-order valence-electron chi connectivity index (χ1n) is 8.44. The van der Waals surface area contributed by atoms with E-state index in [-0.39, 0.29) is 31.1 Å². The van der Waals surface area contributed by atoms with Gasteiger partial charge in [-0.3, -0.25) is 0 Å². The van der Waals surface area contributed by atoms with E-state index in [0.29, 0.717) is 13.0 Å². The summed E-state index contributed by atoms with van der Waals surface area (Å²) in [6.07, 6.45) is 1.08. The van der Waals surface area contributed by atoms with Crippen LogP contribution < -0.4 is 5.32 Å². The van der Waals surface area contributed by atoms with Crippen molar-refractivity contribution in [3.63, 3.8) is 0 Å². The van der Waals surface area contributed by atoms with Gasteiger partial charge in [0.15, 0.2) is 6.10 Å². The highest BCUT2D eigenvalue weighted by molar-refractivity contribution is 5.72. The number of benzene rings is 1. The molecule has 1 aliphatic heterocycles. The fourth-order valence-electron chi connectivity index (χ4n) is 2.95. The third kappa shape index (κ3) is 5.57. The Hall–Kier alpha value is -1.87. The molecule has 0 bridgehead atoms. The smallest absolute Gasteiger partial charge is 0.332 e. The number of hydrogen-bond acceptors (Lipinski definition) is 5. The molecule has 144 valence electrons. The van der Waals surface area contributed by atoms with Gasteiger partial charge < -0.3 is 25.4 Å². The van der Waals surface area contributed by atoms with Crippen LogP contribution in [0.3, 0.4) is 0 Å². The Morgan fingerprint density at radius 2 is 2.15 bits per heavy atom. The first kappa shape index (κ1) is 20.4. The summed E-state index contributed by atoms with van der Waals surface area (Å²) < 4.78 is 32.2. The second kappa shape index (κ2) is 9.72. The van der Waals surface area contributed by atoms with Crippen LogP contribution in [0.15, 0.2) is 24.3 Å². The number of aliphatic hydroxyl groups is 2. The molecule has 4 atom stereocenters. The van der Waals surface area contributed by atoms with Crippen molar-refractivity contribution in [2.45, 2.75) is 43.6 Å². The maximum atomic E-state index is 13.6. The van der Waals surface area contributed by atoms with Crippen molar-refractivity contribution in [3.05, 3.63) is 41.5 Å². The minimum Gasteiger partial charge on any atom is -0.479 e. The summed E-state index contributed by atoms with van der Waals surface area (Å²) in [7, 11) is 0. The van der Waals surface area contributed by atoms with Gasteiger partial charge in [-0.2, -0.15) is 0 Å². The van der Waals surface area contributed by atoms with E-state index in [1.807, 2.05) is 0 Å². The molecule has 0 radical (unpaired) electrons. The maximum Gasteiger partial charge on any atom is 0.332 e. The highest BCUT2D eigenvalue weighted by Gasteiger charge is 2.37. The summed E-state index contributed by atoms with van der Waals surface area (Å²) >= 11 is 0. The molecular weight excluding hydrogens is 348 g/mol. The predicted molar refractivity (Wildman–Crippen MR) is 90.4 cm³/mol. The number of carboxylic acid groups (broad SMARTS) is 1. The molecule has 1 fully saturated rings. The van der Waals surface area contributed by atoms with Crippen LogP contribution in [0.4, 0.5) is 8.78 Å². The highest BCUT2D eigenvalue weighted by Crippen LogP contribution is 2.23. The number of nitrogens with one attached hydrogen (secondary N) is 1. The minimum atomic E-state index is -1.09. The Kier molecular flexibility index (Phi) is 7.65. The fraction of sp³-hybridized carbons (Fsp3) is 0.500. The minimum absolute atomic E-state index is 0.0690. The molecule has 0 unspecified atom stereocenters. The lowest BCUT2D eigenvalue weighted by Gasteiger charge is -2.37. The topological polar surface area (TPSA) is 99.0 Å². The van der Waals surface area contributed by atoms with Gasteiger partial charge >= 0.3 is 5.97 Å². The van der Waals surface area contributed by atoms with Crippen molar-refractivity contribution in [2.24, 2.45) is 0 Å². The summed E-state index contributed by atoms with van der Waals surface area (Å²) in [5.41, 5.74) is 0.120. The number of aliphatic hydroxyl groups excluding tert-OH is 2. The van der Waals surface area contributed by atoms with Gasteiger partial charge in [0, 0.05) is 24.8 Å². The first-order chi connectivity index (χ1) is 12.4. The molecule has 0 aromatic heterocycles. The Morgan fingerprint density at radius 1 is 1.38 bits per heavy atom. The van der Waals surface area contributed by atoms with Crippen LogP contribution in [0.1, 0.15) is 24.8 Å². The van der Waals surface area contributed by atoms with Crippen LogP contribution in [0.2, 0.25) is 0 Å². The molecular formula is C18H23F2NO5. The van der Waals surface area contributed by atoms with Gasteiger partial charge in [0.25, 0.3) is 0 Å². The molecule has 1 aromatic carbocycles. The normalized spacial score (nSPS) is 24.7. The third-order valence-electron chi connectivity index (χ3n) is 4.29. The van der Waals surface area contributed by atoms with Crippen molar-refractivity contribution in [1.29, 1.82) is 0 Å². The molecule has 0 spiro atoms. The Bertz CT molecular complexity index is 640. The second-order valence-electron chi connectivity index (χ2n) is 6.17. The number of carbonyl (C=O) groups is 1. The van der Waals surface area contributed by atoms with E-state index >= 15 is 0 Å². The van der Waals surface area contributed by atoms with Gasteiger partial charge in [-0.25, -0.2) is 13.6 Å². The van der Waals surface area contributed by atoms with E-state index in [0.717, 1.165) is 18.2 Å². The van der Waals surface area contributed by atoms with Crippen molar-refractivity contribution >= 4 is 12.0 Å². The van der Waals surface area contributed by atoms with Crippen LogP contribution in [0, 0.1) is 11.6 Å². The summed E-state index contributed by atoms with van der Waals surface area (Å²) in [6.45, 7) is 0.0499. The van der Waals surface area contributed by atoms with E-state index < -0.39 is 35.9 Å². The SMILES string of the molecule is O=C(O)[C@@H]1CC[C@@H](NC/C=C/c2cc(F)ccc2F)[C@H]([C@@H](O)CCO)O1. The number of halogens is 2. The van der Waals surface area contributed by atoms with Crippen LogP contribution in [-0.4, -0.2) is 58.8 Å². The van der Waals surface area contributed by atoms with E-state index in [1.165, 1.54) is 6.08 Å². The fourth-order valence-corrected chi connectivity index (χ4v) is 2.95. The lowest BCUT2D eigenvalue weighted by Crippen LogP contribution is -2.54. The third-order valence-corrected chi connectivity index (χ3v) is 4.29. The highest BCUT2D eigenvalue weighted by atomic mass is 19.1. The lowest BCUT2D eigenvalue weighted by molar-refractivity contribution is -0.170.